The summed E-state index contributed by atoms with van der Waals surface area (Å²) in [4.78, 5) is 80.7. The van der Waals surface area contributed by atoms with Crippen LogP contribution in [0.5, 0.6) is 0 Å². The molecule has 14 nitrogen and oxygen atoms in total. The van der Waals surface area contributed by atoms with E-state index in [9.17, 15) is 33.0 Å². The van der Waals surface area contributed by atoms with Gasteiger partial charge in [0.1, 0.15) is 12.1 Å². The van der Waals surface area contributed by atoms with Crippen molar-refractivity contribution in [1.29, 1.82) is 0 Å². The maximum atomic E-state index is 14.3. The molecular weight excluding hydrogens is 662 g/mol. The highest BCUT2D eigenvalue weighted by molar-refractivity contribution is 7.81. The first-order chi connectivity index (χ1) is 23.7. The average Bonchev–Trinajstić information content (AvgIpc) is 3.72. The quantitative estimate of drug-likeness (QED) is 0.107. The van der Waals surface area contributed by atoms with E-state index < -0.39 is 64.4 Å². The molecule has 2 saturated heterocycles. The number of nitrogens with zero attached hydrogens (tertiary/aromatic N) is 3. The Labute approximate surface area is 300 Å². The lowest BCUT2D eigenvalue weighted by Gasteiger charge is -2.37. The molecule has 6 amide bonds. The van der Waals surface area contributed by atoms with Gasteiger partial charge >= 0.3 is 6.03 Å². The van der Waals surface area contributed by atoms with E-state index in [-0.39, 0.29) is 30.8 Å². The van der Waals surface area contributed by atoms with E-state index in [1.54, 1.807) is 4.31 Å². The molecule has 0 bridgehead atoms. The predicted octanol–water partition coefficient (Wildman–Crippen LogP) is 2.32. The van der Waals surface area contributed by atoms with Crippen LogP contribution < -0.4 is 21.3 Å². The summed E-state index contributed by atoms with van der Waals surface area (Å²) in [6.45, 7) is 14.3. The standard InChI is InChI=1S/C35H59N7O7S/c1-7-9-11-17-26(30(44)32(46)36-19-8-2)37-31(45)27-18-14-20-41(27)33(47)29(25-15-12-10-13-16-25)39-34(48)38-28(35(4,5)6)23-40-21-22-42(24(3)43)50(40)49/h8,25-29H,2,7,9-23H2,1,3-6H3,(H,36,46)(H,37,45)(H2,38,39,48)/t26?,27-,28+,29-,50?/m0/s1. The molecular formula is C35H59N7O7S. The van der Waals surface area contributed by atoms with Crippen LogP contribution in [-0.2, 0) is 35.1 Å². The molecule has 1 saturated carbocycles. The summed E-state index contributed by atoms with van der Waals surface area (Å²) in [7, 11) is 0. The first-order valence-electron chi connectivity index (χ1n) is 18.2. The Kier molecular flexibility index (Phi) is 15.9. The largest absolute Gasteiger partial charge is 0.346 e. The molecule has 2 aliphatic heterocycles. The molecule has 15 heteroatoms. The minimum absolute atomic E-state index is 0.119. The number of ketones is 1. The van der Waals surface area contributed by atoms with Crippen molar-refractivity contribution in [3.8, 4) is 0 Å². The van der Waals surface area contributed by atoms with E-state index in [2.05, 4.69) is 27.8 Å². The van der Waals surface area contributed by atoms with Crippen molar-refractivity contribution in [3.05, 3.63) is 12.7 Å². The number of rotatable bonds is 16. The fourth-order valence-electron chi connectivity index (χ4n) is 6.88. The molecule has 0 radical (unpaired) electrons. The topological polar surface area (TPSA) is 177 Å². The number of Topliss-reactive ketones (excluding diaryl/α,β-unsaturated/α-hetero) is 1. The first kappa shape index (κ1) is 41.1. The Balaban J connectivity index is 1.76. The van der Waals surface area contributed by atoms with E-state index in [0.717, 1.165) is 44.9 Å². The van der Waals surface area contributed by atoms with Crippen molar-refractivity contribution < 1.29 is 33.0 Å². The maximum Gasteiger partial charge on any atom is 0.315 e. The molecule has 4 N–H and O–H groups in total. The number of hydrogen-bond acceptors (Lipinski definition) is 7. The van der Waals surface area contributed by atoms with Crippen molar-refractivity contribution in [3.63, 3.8) is 0 Å². The van der Waals surface area contributed by atoms with E-state index in [0.29, 0.717) is 45.3 Å². The molecule has 3 rings (SSSR count). The summed E-state index contributed by atoms with van der Waals surface area (Å²) >= 11 is -1.65. The van der Waals surface area contributed by atoms with Crippen LogP contribution in [0.4, 0.5) is 4.79 Å². The third-order valence-electron chi connectivity index (χ3n) is 9.92. The second-order valence-electron chi connectivity index (χ2n) is 14.8. The van der Waals surface area contributed by atoms with Crippen molar-refractivity contribution in [2.24, 2.45) is 11.3 Å². The molecule has 0 aromatic rings. The fourth-order valence-corrected chi connectivity index (χ4v) is 8.13. The summed E-state index contributed by atoms with van der Waals surface area (Å²) in [6, 6.07) is -3.72. The zero-order valence-corrected chi connectivity index (χ0v) is 31.4. The van der Waals surface area contributed by atoms with Crippen LogP contribution in [0.15, 0.2) is 12.7 Å². The van der Waals surface area contributed by atoms with Gasteiger partial charge in [-0.05, 0) is 43.4 Å². The van der Waals surface area contributed by atoms with Gasteiger partial charge in [0.15, 0.2) is 0 Å². The van der Waals surface area contributed by atoms with Crippen LogP contribution in [0.1, 0.15) is 105 Å². The third-order valence-corrected chi connectivity index (χ3v) is 11.5. The molecule has 5 atom stereocenters. The number of nitrogens with one attached hydrogen (secondary N) is 4. The highest BCUT2D eigenvalue weighted by Crippen LogP contribution is 2.30. The molecule has 282 valence electrons. The summed E-state index contributed by atoms with van der Waals surface area (Å²) in [5.41, 5.74) is -0.443. The van der Waals surface area contributed by atoms with Crippen molar-refractivity contribution >= 4 is 46.6 Å². The van der Waals surface area contributed by atoms with Crippen LogP contribution in [0, 0.1) is 11.3 Å². The Morgan fingerprint density at radius 1 is 0.920 bits per heavy atom. The van der Waals surface area contributed by atoms with Crippen LogP contribution in [-0.4, -0.2) is 110 Å². The van der Waals surface area contributed by atoms with Gasteiger partial charge in [0.05, 0.1) is 6.04 Å². The van der Waals surface area contributed by atoms with Crippen LogP contribution in [0.25, 0.3) is 0 Å². The molecule has 0 aromatic heterocycles. The molecule has 1 aliphatic carbocycles. The Morgan fingerprint density at radius 3 is 2.22 bits per heavy atom. The molecule has 2 heterocycles. The number of urea groups is 1. The lowest BCUT2D eigenvalue weighted by molar-refractivity contribution is -0.143. The van der Waals surface area contributed by atoms with Crippen molar-refractivity contribution in [2.45, 2.75) is 129 Å². The van der Waals surface area contributed by atoms with Gasteiger partial charge < -0.3 is 26.2 Å². The van der Waals surface area contributed by atoms with Gasteiger partial charge in [0.25, 0.3) is 5.91 Å². The van der Waals surface area contributed by atoms with E-state index >= 15 is 0 Å². The molecule has 50 heavy (non-hydrogen) atoms. The van der Waals surface area contributed by atoms with Gasteiger partial charge in [0.2, 0.25) is 34.7 Å². The van der Waals surface area contributed by atoms with Gasteiger partial charge in [-0.2, -0.15) is 0 Å². The monoisotopic (exact) mass is 721 g/mol. The average molecular weight is 722 g/mol. The van der Waals surface area contributed by atoms with E-state index in [1.165, 1.54) is 22.2 Å². The molecule has 0 spiro atoms. The minimum atomic E-state index is -1.65. The van der Waals surface area contributed by atoms with Gasteiger partial charge in [-0.3, -0.25) is 24.0 Å². The molecule has 3 aliphatic rings. The number of carbonyl (C=O) groups excluding carboxylic acids is 6. The summed E-state index contributed by atoms with van der Waals surface area (Å²) in [5, 5.41) is 11.3. The minimum Gasteiger partial charge on any atom is -0.346 e. The van der Waals surface area contributed by atoms with Crippen LogP contribution >= 0.6 is 0 Å². The smallest absolute Gasteiger partial charge is 0.315 e. The summed E-state index contributed by atoms with van der Waals surface area (Å²) in [5.74, 6) is -2.75. The maximum absolute atomic E-state index is 14.3. The third kappa shape index (κ3) is 11.3. The number of unbranched alkanes of at least 4 members (excludes halogenated alkanes) is 2. The lowest BCUT2D eigenvalue weighted by Crippen LogP contribution is -2.60. The van der Waals surface area contributed by atoms with E-state index in [4.69, 9.17) is 0 Å². The Hall–Kier alpha value is -3.33. The highest BCUT2D eigenvalue weighted by atomic mass is 32.2. The Bertz CT molecular complexity index is 1270. The van der Waals surface area contributed by atoms with Gasteiger partial charge in [-0.25, -0.2) is 17.6 Å². The fraction of sp³-hybridized carbons (Fsp3) is 0.771. The Morgan fingerprint density at radius 2 is 1.62 bits per heavy atom. The summed E-state index contributed by atoms with van der Waals surface area (Å²) < 4.78 is 15.9. The van der Waals surface area contributed by atoms with Gasteiger partial charge in [-0.1, -0.05) is 72.3 Å². The molecule has 3 fully saturated rings. The normalized spacial score (nSPS) is 21.9. The first-order valence-corrected chi connectivity index (χ1v) is 19.3. The second kappa shape index (κ2) is 19.3. The molecule has 0 aromatic carbocycles. The van der Waals surface area contributed by atoms with Crippen LogP contribution in [0.3, 0.4) is 0 Å². The van der Waals surface area contributed by atoms with Gasteiger partial charge in [-0.15, -0.1) is 6.58 Å². The highest BCUT2D eigenvalue weighted by Gasteiger charge is 2.43. The van der Waals surface area contributed by atoms with Crippen molar-refractivity contribution in [1.82, 2.24) is 34.8 Å². The predicted molar refractivity (Wildman–Crippen MR) is 191 cm³/mol. The number of carbonyl (C=O) groups is 6. The number of hydrogen-bond donors (Lipinski definition) is 4. The SMILES string of the molecule is C=CCNC(=O)C(=O)C(CCCCC)NC(=O)[C@@H]1CCCN1C(=O)[C@@H](NC(=O)N[C@H](CN1CCN(C(C)=O)S1=O)C(C)(C)C)C1CCCCC1. The van der Waals surface area contributed by atoms with E-state index in [1.807, 2.05) is 27.7 Å². The van der Waals surface area contributed by atoms with Crippen LogP contribution in [0.2, 0.25) is 0 Å². The lowest BCUT2D eigenvalue weighted by atomic mass is 9.83. The molecule has 2 unspecified atom stereocenters. The van der Waals surface area contributed by atoms with Crippen molar-refractivity contribution in [2.75, 3.05) is 32.7 Å². The number of likely N-dealkylation sites (tertiary alicyclic amines) is 1. The zero-order valence-electron chi connectivity index (χ0n) is 30.6. The number of amides is 6. The summed E-state index contributed by atoms with van der Waals surface area (Å²) in [6.07, 6.45) is 9.55. The van der Waals surface area contributed by atoms with Gasteiger partial charge in [0, 0.05) is 45.7 Å². The zero-order chi connectivity index (χ0) is 37.0. The second-order valence-corrected chi connectivity index (χ2v) is 16.2.